The molecule has 27 heavy (non-hydrogen) atoms. The zero-order chi connectivity index (χ0) is 19.5. The quantitative estimate of drug-likeness (QED) is 0.641. The van der Waals surface area contributed by atoms with Crippen molar-refractivity contribution in [2.45, 2.75) is 58.6 Å². The number of hydrogen-bond donors (Lipinski definition) is 1. The summed E-state index contributed by atoms with van der Waals surface area (Å²) in [4.78, 5) is 14.7. The molecule has 1 saturated heterocycles. The maximum absolute atomic E-state index is 12.2. The van der Waals surface area contributed by atoms with E-state index in [2.05, 4.69) is 29.3 Å². The zero-order valence-corrected chi connectivity index (χ0v) is 17.2. The molecule has 1 amide bonds. The van der Waals surface area contributed by atoms with Crippen molar-refractivity contribution in [3.8, 4) is 5.75 Å². The summed E-state index contributed by atoms with van der Waals surface area (Å²) in [6, 6.07) is 8.28. The van der Waals surface area contributed by atoms with Crippen LogP contribution in [0.3, 0.4) is 0 Å². The van der Waals surface area contributed by atoms with Gasteiger partial charge in [0.25, 0.3) is 0 Å². The average Bonchev–Trinajstić information content (AvgIpc) is 2.68. The minimum Gasteiger partial charge on any atom is -0.494 e. The lowest BCUT2D eigenvalue weighted by atomic mass is 9.93. The largest absolute Gasteiger partial charge is 0.494 e. The molecular weight excluding hydrogens is 340 g/mol. The van der Waals surface area contributed by atoms with E-state index in [0.29, 0.717) is 25.5 Å². The van der Waals surface area contributed by atoms with Gasteiger partial charge >= 0.3 is 0 Å². The number of benzene rings is 1. The van der Waals surface area contributed by atoms with Crippen LogP contribution >= 0.6 is 0 Å². The third kappa shape index (κ3) is 7.51. The second-order valence-electron chi connectivity index (χ2n) is 7.41. The first kappa shape index (κ1) is 21.7. The maximum Gasteiger partial charge on any atom is 0.220 e. The number of amides is 1. The first-order valence-electron chi connectivity index (χ1n) is 10.4. The van der Waals surface area contributed by atoms with E-state index in [1.807, 2.05) is 19.1 Å². The number of rotatable bonds is 11. The van der Waals surface area contributed by atoms with Gasteiger partial charge in [-0.05, 0) is 51.3 Å². The van der Waals surface area contributed by atoms with Crippen molar-refractivity contribution in [3.05, 3.63) is 29.8 Å². The van der Waals surface area contributed by atoms with Crippen molar-refractivity contribution in [3.63, 3.8) is 0 Å². The van der Waals surface area contributed by atoms with Gasteiger partial charge in [-0.1, -0.05) is 31.5 Å². The van der Waals surface area contributed by atoms with Crippen LogP contribution in [0.5, 0.6) is 5.75 Å². The van der Waals surface area contributed by atoms with Gasteiger partial charge < -0.3 is 14.8 Å². The molecule has 1 aromatic rings. The average molecular weight is 377 g/mol. The van der Waals surface area contributed by atoms with Gasteiger partial charge in [-0.2, -0.15) is 0 Å². The summed E-state index contributed by atoms with van der Waals surface area (Å²) >= 11 is 0. The Morgan fingerprint density at radius 2 is 2.00 bits per heavy atom. The Bertz CT molecular complexity index is 556. The van der Waals surface area contributed by atoms with Crippen LogP contribution in [0, 0.1) is 5.92 Å². The summed E-state index contributed by atoms with van der Waals surface area (Å²) in [5.41, 5.74) is 1.25. The van der Waals surface area contributed by atoms with Crippen LogP contribution in [-0.2, 0) is 16.1 Å². The Kier molecular flexibility index (Phi) is 9.64. The molecule has 0 aliphatic carbocycles. The van der Waals surface area contributed by atoms with Gasteiger partial charge in [-0.3, -0.25) is 9.69 Å². The molecule has 5 nitrogen and oxygen atoms in total. The summed E-state index contributed by atoms with van der Waals surface area (Å²) in [5, 5.41) is 3.04. The Labute approximate surface area is 164 Å². The summed E-state index contributed by atoms with van der Waals surface area (Å²) < 4.78 is 11.1. The first-order valence-corrected chi connectivity index (χ1v) is 10.4. The molecule has 1 unspecified atom stereocenters. The fourth-order valence-corrected chi connectivity index (χ4v) is 3.71. The molecule has 1 atom stereocenters. The van der Waals surface area contributed by atoms with Gasteiger partial charge in [0.1, 0.15) is 5.75 Å². The molecule has 1 fully saturated rings. The highest BCUT2D eigenvalue weighted by Gasteiger charge is 2.22. The smallest absolute Gasteiger partial charge is 0.220 e. The summed E-state index contributed by atoms with van der Waals surface area (Å²) in [6.45, 7) is 8.46. The molecule has 152 valence electrons. The molecule has 0 aromatic heterocycles. The van der Waals surface area contributed by atoms with E-state index in [4.69, 9.17) is 9.47 Å². The predicted octanol–water partition coefficient (Wildman–Crippen LogP) is 3.62. The van der Waals surface area contributed by atoms with Gasteiger partial charge in [0, 0.05) is 32.2 Å². The van der Waals surface area contributed by atoms with E-state index in [-0.39, 0.29) is 12.0 Å². The second kappa shape index (κ2) is 12.0. The third-order valence-corrected chi connectivity index (χ3v) is 5.32. The first-order chi connectivity index (χ1) is 13.2. The number of nitrogens with zero attached hydrogens (tertiary/aromatic N) is 1. The number of piperidine rings is 1. The minimum absolute atomic E-state index is 0.131. The number of carbonyl (C=O) groups is 1. The predicted molar refractivity (Wildman–Crippen MR) is 109 cm³/mol. The molecule has 1 heterocycles. The van der Waals surface area contributed by atoms with Crippen LogP contribution in [0.25, 0.3) is 0 Å². The number of nitrogens with one attached hydrogen (secondary N) is 1. The number of ether oxygens (including phenoxy) is 2. The van der Waals surface area contributed by atoms with E-state index in [1.54, 1.807) is 7.11 Å². The lowest BCUT2D eigenvalue weighted by Crippen LogP contribution is -2.37. The van der Waals surface area contributed by atoms with Gasteiger partial charge in [0.05, 0.1) is 12.7 Å². The second-order valence-corrected chi connectivity index (χ2v) is 7.41. The Balaban J connectivity index is 1.71. The standard InChI is InChI=1S/C22H36N2O3/c1-4-8-20(26-3)16-23-22(25)15-18-11-13-24(14-12-18)17-19-9-6-7-10-21(19)27-5-2/h6-7,9-10,18,20H,4-5,8,11-17H2,1-3H3,(H,23,25). The molecule has 1 aliphatic heterocycles. The van der Waals surface area contributed by atoms with E-state index in [1.165, 1.54) is 5.56 Å². The molecular formula is C22H36N2O3. The highest BCUT2D eigenvalue weighted by Crippen LogP contribution is 2.25. The molecule has 0 radical (unpaired) electrons. The van der Waals surface area contributed by atoms with E-state index >= 15 is 0 Å². The van der Waals surface area contributed by atoms with Crippen molar-refractivity contribution >= 4 is 5.91 Å². The normalized spacial score (nSPS) is 16.9. The summed E-state index contributed by atoms with van der Waals surface area (Å²) in [7, 11) is 1.71. The Hall–Kier alpha value is -1.59. The molecule has 0 bridgehead atoms. The SMILES string of the molecule is CCCC(CNC(=O)CC1CCN(Cc2ccccc2OCC)CC1)OC. The molecule has 2 rings (SSSR count). The van der Waals surface area contributed by atoms with E-state index in [9.17, 15) is 4.79 Å². The minimum atomic E-state index is 0.131. The van der Waals surface area contributed by atoms with Crippen molar-refractivity contribution in [1.82, 2.24) is 10.2 Å². The topological polar surface area (TPSA) is 50.8 Å². The number of hydrogen-bond acceptors (Lipinski definition) is 4. The monoisotopic (exact) mass is 376 g/mol. The number of likely N-dealkylation sites (tertiary alicyclic amines) is 1. The Morgan fingerprint density at radius 1 is 1.26 bits per heavy atom. The number of methoxy groups -OCH3 is 1. The van der Waals surface area contributed by atoms with Crippen LogP contribution in [-0.4, -0.2) is 50.3 Å². The van der Waals surface area contributed by atoms with Crippen molar-refractivity contribution in [1.29, 1.82) is 0 Å². The molecule has 0 spiro atoms. The van der Waals surface area contributed by atoms with Gasteiger partial charge in [-0.15, -0.1) is 0 Å². The van der Waals surface area contributed by atoms with Crippen LogP contribution in [0.4, 0.5) is 0 Å². The lowest BCUT2D eigenvalue weighted by Gasteiger charge is -2.32. The van der Waals surface area contributed by atoms with Gasteiger partial charge in [-0.25, -0.2) is 0 Å². The fraction of sp³-hybridized carbons (Fsp3) is 0.682. The van der Waals surface area contributed by atoms with Crippen molar-refractivity contribution < 1.29 is 14.3 Å². The van der Waals surface area contributed by atoms with E-state index < -0.39 is 0 Å². The van der Waals surface area contributed by atoms with Crippen molar-refractivity contribution in [2.75, 3.05) is 33.4 Å². The molecule has 1 aliphatic rings. The molecule has 1 aromatic carbocycles. The molecule has 1 N–H and O–H groups in total. The zero-order valence-electron chi connectivity index (χ0n) is 17.2. The number of para-hydroxylation sites is 1. The summed E-state index contributed by atoms with van der Waals surface area (Å²) in [5.74, 6) is 1.63. The molecule has 0 saturated carbocycles. The van der Waals surface area contributed by atoms with Crippen LogP contribution in [0.15, 0.2) is 24.3 Å². The van der Waals surface area contributed by atoms with Crippen molar-refractivity contribution in [2.24, 2.45) is 5.92 Å². The highest BCUT2D eigenvalue weighted by atomic mass is 16.5. The molecule has 5 heteroatoms. The third-order valence-electron chi connectivity index (χ3n) is 5.32. The van der Waals surface area contributed by atoms with Gasteiger partial charge in [0.15, 0.2) is 0 Å². The highest BCUT2D eigenvalue weighted by molar-refractivity contribution is 5.76. The van der Waals surface area contributed by atoms with Gasteiger partial charge in [0.2, 0.25) is 5.91 Å². The van der Waals surface area contributed by atoms with Crippen LogP contribution in [0.1, 0.15) is 51.5 Å². The number of carbonyl (C=O) groups excluding carboxylic acids is 1. The van der Waals surface area contributed by atoms with Crippen LogP contribution < -0.4 is 10.1 Å². The Morgan fingerprint density at radius 3 is 2.67 bits per heavy atom. The fourth-order valence-electron chi connectivity index (χ4n) is 3.71. The van der Waals surface area contributed by atoms with E-state index in [0.717, 1.165) is 51.1 Å². The van der Waals surface area contributed by atoms with Crippen LogP contribution in [0.2, 0.25) is 0 Å². The maximum atomic E-state index is 12.2. The summed E-state index contributed by atoms with van der Waals surface area (Å²) in [6.07, 6.45) is 4.97. The lowest BCUT2D eigenvalue weighted by molar-refractivity contribution is -0.123.